The van der Waals surface area contributed by atoms with E-state index >= 15 is 0 Å². The molecule has 3 aromatic carbocycles. The molecule has 180 valence electrons. The average Bonchev–Trinajstić information content (AvgIpc) is 2.74. The quantitative estimate of drug-likeness (QED) is 0.462. The smallest absolute Gasteiger partial charge is 0.328 e. The van der Waals surface area contributed by atoms with Gasteiger partial charge in [0.2, 0.25) is 0 Å². The van der Waals surface area contributed by atoms with E-state index in [2.05, 4.69) is 5.32 Å². The van der Waals surface area contributed by atoms with Crippen molar-refractivity contribution in [3.05, 3.63) is 70.2 Å². The van der Waals surface area contributed by atoms with E-state index in [0.717, 1.165) is 4.31 Å². The normalized spacial score (nSPS) is 12.9. The van der Waals surface area contributed by atoms with Gasteiger partial charge in [0, 0.05) is 22.7 Å². The summed E-state index contributed by atoms with van der Waals surface area (Å²) in [6.07, 6.45) is 0. The van der Waals surface area contributed by atoms with E-state index in [4.69, 9.17) is 23.2 Å². The number of benzene rings is 3. The third-order valence-electron chi connectivity index (χ3n) is 5.27. The summed E-state index contributed by atoms with van der Waals surface area (Å²) in [7, 11) is -2.91. The predicted octanol–water partition coefficient (Wildman–Crippen LogP) is 5.20. The summed E-state index contributed by atoms with van der Waals surface area (Å²) in [4.78, 5) is 24.4. The average molecular weight is 523 g/mol. The van der Waals surface area contributed by atoms with Gasteiger partial charge in [-0.25, -0.2) is 13.2 Å². The van der Waals surface area contributed by atoms with Crippen LogP contribution in [-0.2, 0) is 14.8 Å². The Balaban J connectivity index is 2.33. The summed E-state index contributed by atoms with van der Waals surface area (Å²) < 4.78 is 28.6. The van der Waals surface area contributed by atoms with Crippen LogP contribution in [0.4, 0.5) is 5.69 Å². The van der Waals surface area contributed by atoms with Gasteiger partial charge in [-0.05, 0) is 52.6 Å². The molecule has 0 heterocycles. The number of carboxylic acids is 1. The maximum absolute atomic E-state index is 13.9. The molecule has 0 aromatic heterocycles. The molecule has 1 unspecified atom stereocenters. The molecule has 7 nitrogen and oxygen atoms in total. The fourth-order valence-electron chi connectivity index (χ4n) is 3.78. The minimum Gasteiger partial charge on any atom is -0.480 e. The summed E-state index contributed by atoms with van der Waals surface area (Å²) in [6.45, 7) is 4.93. The number of sulfonamides is 1. The second-order valence-electron chi connectivity index (χ2n) is 8.80. The highest BCUT2D eigenvalue weighted by atomic mass is 35.5. The highest BCUT2D eigenvalue weighted by Gasteiger charge is 2.43. The topological polar surface area (TPSA) is 104 Å². The number of hydrogen-bond acceptors (Lipinski definition) is 4. The van der Waals surface area contributed by atoms with Crippen molar-refractivity contribution in [3.8, 4) is 0 Å². The number of aliphatic carboxylic acids is 1. The number of halogens is 2. The summed E-state index contributed by atoms with van der Waals surface area (Å²) in [5, 5.41) is 14.0. The zero-order valence-electron chi connectivity index (χ0n) is 19.0. The molecule has 0 fully saturated rings. The van der Waals surface area contributed by atoms with E-state index < -0.39 is 27.4 Å². The third-order valence-corrected chi connectivity index (χ3v) is 7.48. The molecule has 0 bridgehead atoms. The van der Waals surface area contributed by atoms with Gasteiger partial charge in [-0.3, -0.25) is 9.10 Å². The van der Waals surface area contributed by atoms with Crippen molar-refractivity contribution < 1.29 is 23.1 Å². The Labute approximate surface area is 208 Å². The van der Waals surface area contributed by atoms with E-state index in [0.29, 0.717) is 16.3 Å². The van der Waals surface area contributed by atoms with E-state index in [1.807, 2.05) is 0 Å². The van der Waals surface area contributed by atoms with Crippen LogP contribution in [0.3, 0.4) is 0 Å². The first-order valence-electron chi connectivity index (χ1n) is 10.3. The van der Waals surface area contributed by atoms with Gasteiger partial charge in [-0.2, -0.15) is 0 Å². The van der Waals surface area contributed by atoms with Crippen molar-refractivity contribution >= 4 is 61.6 Å². The first-order valence-corrected chi connectivity index (χ1v) is 12.4. The maximum atomic E-state index is 13.9. The van der Waals surface area contributed by atoms with Crippen LogP contribution < -0.4 is 9.62 Å². The number of hydrogen-bond donors (Lipinski definition) is 2. The van der Waals surface area contributed by atoms with Crippen LogP contribution in [0.2, 0.25) is 10.0 Å². The number of nitrogens with one attached hydrogen (secondary N) is 1. The Hall–Kier alpha value is -2.81. The SMILES string of the molecule is CNC(=O)c1cccc2cc(N(C(C(=O)O)C(C)(C)C)S(=O)(=O)c3cc(Cl)cc(Cl)c3)ccc12. The highest BCUT2D eigenvalue weighted by molar-refractivity contribution is 7.93. The largest absolute Gasteiger partial charge is 0.480 e. The van der Waals surface area contributed by atoms with Crippen molar-refractivity contribution in [1.29, 1.82) is 0 Å². The number of fused-ring (bicyclic) bond motifs is 1. The van der Waals surface area contributed by atoms with Crippen LogP contribution in [0.5, 0.6) is 0 Å². The lowest BCUT2D eigenvalue weighted by molar-refractivity contribution is -0.140. The summed E-state index contributed by atoms with van der Waals surface area (Å²) >= 11 is 12.1. The molecule has 0 saturated heterocycles. The molecule has 3 rings (SSSR count). The number of amides is 1. The highest BCUT2D eigenvalue weighted by Crippen LogP contribution is 2.37. The van der Waals surface area contributed by atoms with Crippen molar-refractivity contribution in [2.24, 2.45) is 5.41 Å². The predicted molar refractivity (Wildman–Crippen MR) is 134 cm³/mol. The molecule has 0 saturated carbocycles. The zero-order valence-corrected chi connectivity index (χ0v) is 21.3. The fraction of sp³-hybridized carbons (Fsp3) is 0.250. The van der Waals surface area contributed by atoms with Crippen LogP contribution in [0.15, 0.2) is 59.5 Å². The van der Waals surface area contributed by atoms with Crippen LogP contribution in [0.25, 0.3) is 10.8 Å². The van der Waals surface area contributed by atoms with Crippen LogP contribution in [0, 0.1) is 5.41 Å². The molecular formula is C24H24Cl2N2O5S. The molecule has 0 aliphatic heterocycles. The number of carbonyl (C=O) groups is 2. The summed E-state index contributed by atoms with van der Waals surface area (Å²) in [5.74, 6) is -1.61. The molecule has 1 amide bonds. The third kappa shape index (κ3) is 4.99. The molecule has 0 spiro atoms. The van der Waals surface area contributed by atoms with E-state index in [-0.39, 0.29) is 26.5 Å². The molecule has 1 atom stereocenters. The van der Waals surface area contributed by atoms with Crippen LogP contribution in [-0.4, -0.2) is 38.5 Å². The molecule has 0 radical (unpaired) electrons. The summed E-state index contributed by atoms with van der Waals surface area (Å²) in [6, 6.07) is 12.1. The second-order valence-corrected chi connectivity index (χ2v) is 11.5. The molecule has 10 heteroatoms. The Kier molecular flexibility index (Phi) is 7.17. The first-order chi connectivity index (χ1) is 15.8. The van der Waals surface area contributed by atoms with Gasteiger partial charge in [0.05, 0.1) is 10.6 Å². The number of nitrogens with zero attached hydrogens (tertiary/aromatic N) is 1. The number of carboxylic acid groups (broad SMARTS) is 1. The first kappa shape index (κ1) is 25.8. The fourth-order valence-corrected chi connectivity index (χ4v) is 6.29. The van der Waals surface area contributed by atoms with Gasteiger partial charge in [0.25, 0.3) is 15.9 Å². The lowest BCUT2D eigenvalue weighted by atomic mass is 9.86. The molecule has 3 aromatic rings. The Morgan fingerprint density at radius 2 is 1.62 bits per heavy atom. The van der Waals surface area contributed by atoms with E-state index in [1.54, 1.807) is 51.1 Å². The van der Waals surface area contributed by atoms with Crippen molar-refractivity contribution in [2.45, 2.75) is 31.7 Å². The minimum absolute atomic E-state index is 0.0994. The monoisotopic (exact) mass is 522 g/mol. The molecule has 34 heavy (non-hydrogen) atoms. The van der Waals surface area contributed by atoms with Gasteiger partial charge in [0.1, 0.15) is 6.04 Å². The Bertz CT molecular complexity index is 1360. The Morgan fingerprint density at radius 1 is 1.00 bits per heavy atom. The maximum Gasteiger partial charge on any atom is 0.328 e. The molecule has 0 aliphatic carbocycles. The minimum atomic E-state index is -4.42. The lowest BCUT2D eigenvalue weighted by Crippen LogP contribution is -2.52. The van der Waals surface area contributed by atoms with Gasteiger partial charge in [-0.15, -0.1) is 0 Å². The number of anilines is 1. The second kappa shape index (κ2) is 9.44. The summed E-state index contributed by atoms with van der Waals surface area (Å²) in [5.41, 5.74) is -0.451. The van der Waals surface area contributed by atoms with Gasteiger partial charge < -0.3 is 10.4 Å². The van der Waals surface area contributed by atoms with Gasteiger partial charge in [0.15, 0.2) is 0 Å². The molecule has 2 N–H and O–H groups in total. The van der Waals surface area contributed by atoms with Gasteiger partial charge in [-0.1, -0.05) is 62.2 Å². The Morgan fingerprint density at radius 3 is 2.15 bits per heavy atom. The van der Waals surface area contributed by atoms with Crippen molar-refractivity contribution in [2.75, 3.05) is 11.4 Å². The van der Waals surface area contributed by atoms with Crippen LogP contribution >= 0.6 is 23.2 Å². The lowest BCUT2D eigenvalue weighted by Gasteiger charge is -2.38. The zero-order chi connectivity index (χ0) is 25.4. The number of carbonyl (C=O) groups excluding carboxylic acids is 1. The van der Waals surface area contributed by atoms with Gasteiger partial charge >= 0.3 is 5.97 Å². The number of rotatable bonds is 6. The van der Waals surface area contributed by atoms with Crippen molar-refractivity contribution in [3.63, 3.8) is 0 Å². The standard InChI is InChI=1S/C24H24Cl2N2O5S/c1-24(2,3)21(23(30)31)28(34(32,33)18-12-15(25)11-16(26)13-18)17-8-9-19-14(10-17)6-5-7-20(19)22(29)27-4/h5-13,21H,1-4H3,(H,27,29)(H,30,31). The molecule has 0 aliphatic rings. The van der Waals surface area contributed by atoms with E-state index in [1.165, 1.54) is 31.3 Å². The van der Waals surface area contributed by atoms with Crippen LogP contribution in [0.1, 0.15) is 31.1 Å². The molecular weight excluding hydrogens is 499 g/mol. The van der Waals surface area contributed by atoms with Crippen molar-refractivity contribution in [1.82, 2.24) is 5.32 Å². The van der Waals surface area contributed by atoms with E-state index in [9.17, 15) is 23.1 Å².